The Labute approximate surface area is 325 Å². The third kappa shape index (κ3) is 10.8. The average molecular weight is 791 g/mol. The van der Waals surface area contributed by atoms with Crippen molar-refractivity contribution in [1.82, 2.24) is 5.32 Å². The zero-order valence-electron chi connectivity index (χ0n) is 32.0. The maximum absolute atomic E-state index is 13.8. The van der Waals surface area contributed by atoms with Gasteiger partial charge in [-0.15, -0.1) is 0 Å². The van der Waals surface area contributed by atoms with Gasteiger partial charge in [0.05, 0.1) is 50.4 Å². The molecule has 16 heteroatoms. The van der Waals surface area contributed by atoms with Gasteiger partial charge < -0.3 is 24.8 Å². The molecule has 0 saturated heterocycles. The van der Waals surface area contributed by atoms with Gasteiger partial charge in [0.2, 0.25) is 11.8 Å². The Morgan fingerprint density at radius 2 is 1.66 bits per heavy atom. The van der Waals surface area contributed by atoms with E-state index in [0.717, 1.165) is 17.5 Å². The number of methoxy groups -OCH3 is 2. The molecule has 2 N–H and O–H groups in total. The number of nitrogens with zero attached hydrogens (tertiary/aromatic N) is 2. The molecule has 0 bridgehead atoms. The molecule has 0 saturated carbocycles. The zero-order valence-corrected chi connectivity index (χ0v) is 32.8. The maximum atomic E-state index is 13.8. The van der Waals surface area contributed by atoms with Crippen molar-refractivity contribution < 1.29 is 50.8 Å². The second-order valence-electron chi connectivity index (χ2n) is 13.8. The topological polar surface area (TPSA) is 196 Å². The number of hydrogen-bond donors (Lipinski definition) is 2. The first-order valence-corrected chi connectivity index (χ1v) is 19.9. The molecule has 0 spiro atoms. The summed E-state index contributed by atoms with van der Waals surface area (Å²) in [6.45, 7) is 2.75. The van der Waals surface area contributed by atoms with Gasteiger partial charge >= 0.3 is 5.97 Å². The minimum atomic E-state index is -3.79. The number of amides is 3. The lowest BCUT2D eigenvalue weighted by Crippen LogP contribution is -2.39. The fraction of sp³-hybridized carbons (Fsp3) is 0.400. The van der Waals surface area contributed by atoms with E-state index in [1.807, 2.05) is 24.3 Å². The highest BCUT2D eigenvalue weighted by atomic mass is 32.2. The van der Waals surface area contributed by atoms with Gasteiger partial charge in [-0.3, -0.25) is 38.0 Å². The van der Waals surface area contributed by atoms with Crippen LogP contribution in [0, 0.1) is 5.92 Å². The van der Waals surface area contributed by atoms with Crippen molar-refractivity contribution in [3.63, 3.8) is 0 Å². The SMILES string of the molecule is COC(=O)CCCCC(=O)N[C@@H](C)C(=O)C[C@@H](C)C(=O)Nc1cc(COc2cc3c(cc2OC)C(=O)N2c4ccccc4C[C@H]2C=N3)cc(COS(C)(=O)=O)c1. The number of nitrogens with one attached hydrogen (secondary N) is 2. The Morgan fingerprint density at radius 1 is 0.946 bits per heavy atom. The molecule has 2 aliphatic heterocycles. The molecule has 3 aromatic rings. The van der Waals surface area contributed by atoms with Crippen LogP contribution in [0.25, 0.3) is 0 Å². The number of fused-ring (bicyclic) bond motifs is 4. The second-order valence-corrected chi connectivity index (χ2v) is 15.4. The van der Waals surface area contributed by atoms with Crippen LogP contribution in [0.2, 0.25) is 0 Å². The van der Waals surface area contributed by atoms with E-state index in [4.69, 9.17) is 13.7 Å². The Bertz CT molecular complexity index is 2140. The average Bonchev–Trinajstić information content (AvgIpc) is 3.48. The molecule has 15 nitrogen and oxygen atoms in total. The number of hydrogen-bond acceptors (Lipinski definition) is 12. The summed E-state index contributed by atoms with van der Waals surface area (Å²) in [6, 6.07) is 14.8. The first-order chi connectivity index (χ1) is 26.6. The predicted molar refractivity (Wildman–Crippen MR) is 208 cm³/mol. The molecule has 5 rings (SSSR count). The first-order valence-electron chi connectivity index (χ1n) is 18.1. The minimum absolute atomic E-state index is 0.0571. The number of carbonyl (C=O) groups is 5. The van der Waals surface area contributed by atoms with E-state index in [0.29, 0.717) is 58.8 Å². The summed E-state index contributed by atoms with van der Waals surface area (Å²) in [5.41, 5.74) is 3.93. The number of aliphatic imine (C=N–C) groups is 1. The molecule has 56 heavy (non-hydrogen) atoms. The van der Waals surface area contributed by atoms with Crippen molar-refractivity contribution >= 4 is 62.9 Å². The number of rotatable bonds is 18. The summed E-state index contributed by atoms with van der Waals surface area (Å²) in [6.07, 6.45) is 4.43. The van der Waals surface area contributed by atoms with E-state index in [-0.39, 0.29) is 62.1 Å². The normalized spacial score (nSPS) is 15.4. The van der Waals surface area contributed by atoms with Crippen LogP contribution in [-0.4, -0.2) is 76.7 Å². The van der Waals surface area contributed by atoms with Crippen molar-refractivity contribution in [2.45, 2.75) is 77.7 Å². The summed E-state index contributed by atoms with van der Waals surface area (Å²) < 4.78 is 45.0. The van der Waals surface area contributed by atoms with Crippen LogP contribution in [-0.2, 0) is 57.9 Å². The highest BCUT2D eigenvalue weighted by Gasteiger charge is 2.36. The van der Waals surface area contributed by atoms with Gasteiger partial charge in [-0.25, -0.2) is 0 Å². The highest BCUT2D eigenvalue weighted by molar-refractivity contribution is 7.85. The highest BCUT2D eigenvalue weighted by Crippen LogP contribution is 2.41. The third-order valence-corrected chi connectivity index (χ3v) is 9.91. The number of carbonyl (C=O) groups excluding carboxylic acids is 5. The van der Waals surface area contributed by atoms with E-state index in [9.17, 15) is 32.4 Å². The minimum Gasteiger partial charge on any atom is -0.493 e. The second kappa shape index (κ2) is 18.3. The number of unbranched alkanes of at least 4 members (excludes halogenated alkanes) is 1. The van der Waals surface area contributed by atoms with Gasteiger partial charge in [0.1, 0.15) is 6.61 Å². The first kappa shape index (κ1) is 41.6. The van der Waals surface area contributed by atoms with Crippen LogP contribution >= 0.6 is 0 Å². The molecule has 0 radical (unpaired) electrons. The number of anilines is 2. The Morgan fingerprint density at radius 3 is 2.38 bits per heavy atom. The molecule has 2 aliphatic rings. The number of benzene rings is 3. The number of ether oxygens (including phenoxy) is 3. The van der Waals surface area contributed by atoms with Crippen LogP contribution in [0.3, 0.4) is 0 Å². The molecule has 0 fully saturated rings. The standard InChI is InChI=1S/C40H46N4O11S/c1-24(14-34(45)25(2)42-37(46)12-8-9-13-38(47)53-4)39(48)43-29-16-26(15-27(17-29)23-55-56(5,50)51)22-54-36-20-32-31(19-35(36)52-3)40(49)44-30(21-41-32)18-28-10-6-7-11-33(28)44/h6-7,10-11,15-17,19-21,24-25,30H,8-9,12-14,18,22-23H2,1-5H3,(H,42,46)(H,43,48)/t24-,25+,30+/m1/s1. The van der Waals surface area contributed by atoms with Crippen molar-refractivity contribution in [2.24, 2.45) is 10.9 Å². The Kier molecular flexibility index (Phi) is 13.6. The Hall–Kier alpha value is -5.61. The predicted octanol–water partition coefficient (Wildman–Crippen LogP) is 4.81. The van der Waals surface area contributed by atoms with Crippen molar-refractivity contribution in [3.05, 3.63) is 76.9 Å². The van der Waals surface area contributed by atoms with E-state index in [2.05, 4.69) is 20.4 Å². The van der Waals surface area contributed by atoms with E-state index in [1.165, 1.54) is 14.2 Å². The molecule has 0 aliphatic carbocycles. The molecule has 0 unspecified atom stereocenters. The quantitative estimate of drug-likeness (QED) is 0.102. The zero-order chi connectivity index (χ0) is 40.6. The van der Waals surface area contributed by atoms with Crippen LogP contribution < -0.4 is 25.0 Å². The van der Waals surface area contributed by atoms with Crippen LogP contribution in [0.1, 0.15) is 73.0 Å². The van der Waals surface area contributed by atoms with Gasteiger partial charge in [0.15, 0.2) is 17.3 Å². The smallest absolute Gasteiger partial charge is 0.305 e. The van der Waals surface area contributed by atoms with Gasteiger partial charge in [-0.05, 0) is 66.8 Å². The lowest BCUT2D eigenvalue weighted by molar-refractivity contribution is -0.140. The summed E-state index contributed by atoms with van der Waals surface area (Å²) in [4.78, 5) is 69.9. The van der Waals surface area contributed by atoms with E-state index >= 15 is 0 Å². The monoisotopic (exact) mass is 790 g/mol. The van der Waals surface area contributed by atoms with Crippen molar-refractivity contribution in [2.75, 3.05) is 30.7 Å². The van der Waals surface area contributed by atoms with Crippen molar-refractivity contribution in [1.29, 1.82) is 0 Å². The fourth-order valence-electron chi connectivity index (χ4n) is 6.41. The van der Waals surface area contributed by atoms with Gasteiger partial charge in [0, 0.05) is 55.3 Å². The molecule has 3 atom stereocenters. The van der Waals surface area contributed by atoms with E-state index < -0.39 is 28.0 Å². The van der Waals surface area contributed by atoms with Crippen LogP contribution in [0.4, 0.5) is 17.1 Å². The molecule has 0 aromatic heterocycles. The molecule has 298 valence electrons. The number of Topliss-reactive ketones (excluding diaryl/α,β-unsaturated/α-hetero) is 1. The molecular weight excluding hydrogens is 745 g/mol. The van der Waals surface area contributed by atoms with Crippen molar-refractivity contribution in [3.8, 4) is 11.5 Å². The van der Waals surface area contributed by atoms with E-state index in [1.54, 1.807) is 55.3 Å². The van der Waals surface area contributed by atoms with Gasteiger partial charge in [-0.2, -0.15) is 8.42 Å². The summed E-state index contributed by atoms with van der Waals surface area (Å²) >= 11 is 0. The van der Waals surface area contributed by atoms with Gasteiger partial charge in [0.25, 0.3) is 16.0 Å². The Balaban J connectivity index is 1.26. The van der Waals surface area contributed by atoms with Gasteiger partial charge in [-0.1, -0.05) is 25.1 Å². The summed E-state index contributed by atoms with van der Waals surface area (Å²) in [7, 11) is -1.04. The van der Waals surface area contributed by atoms with Crippen LogP contribution in [0.15, 0.2) is 59.6 Å². The lowest BCUT2D eigenvalue weighted by Gasteiger charge is -2.22. The molecule has 3 aromatic carbocycles. The summed E-state index contributed by atoms with van der Waals surface area (Å²) in [5, 5.41) is 5.43. The summed E-state index contributed by atoms with van der Waals surface area (Å²) in [5.74, 6) is -1.92. The largest absolute Gasteiger partial charge is 0.493 e. The number of para-hydroxylation sites is 1. The number of esters is 1. The van der Waals surface area contributed by atoms with Crippen LogP contribution in [0.5, 0.6) is 11.5 Å². The fourth-order valence-corrected chi connectivity index (χ4v) is 6.76. The third-order valence-electron chi connectivity index (χ3n) is 9.36. The molecule has 3 amide bonds. The maximum Gasteiger partial charge on any atom is 0.305 e. The molecule has 2 heterocycles. The lowest BCUT2D eigenvalue weighted by atomic mass is 9.99. The number of ketones is 1. The molecular formula is C40H46N4O11S.